The molecule has 99 valence electrons. The lowest BCUT2D eigenvalue weighted by molar-refractivity contribution is -0.271. The van der Waals surface area contributed by atoms with Crippen molar-refractivity contribution < 1.29 is 24.1 Å². The second-order valence-electron chi connectivity index (χ2n) is 3.68. The van der Waals surface area contributed by atoms with Crippen LogP contribution in [0.25, 0.3) is 0 Å². The van der Waals surface area contributed by atoms with Gasteiger partial charge in [0.25, 0.3) is 0 Å². The van der Waals surface area contributed by atoms with Gasteiger partial charge in [-0.1, -0.05) is 0 Å². The van der Waals surface area contributed by atoms with Gasteiger partial charge in [-0.05, 0) is 7.05 Å². The third-order valence-electron chi connectivity index (χ3n) is 2.94. The fourth-order valence-corrected chi connectivity index (χ4v) is 2.12. The summed E-state index contributed by atoms with van der Waals surface area (Å²) in [5, 5.41) is 12.3. The highest BCUT2D eigenvalue weighted by molar-refractivity contribution is 5.75. The van der Waals surface area contributed by atoms with E-state index in [2.05, 4.69) is 5.32 Å². The summed E-state index contributed by atoms with van der Waals surface area (Å²) in [5.41, 5.74) is 0. The lowest BCUT2D eigenvalue weighted by atomic mass is 9.96. The van der Waals surface area contributed by atoms with Crippen LogP contribution >= 0.6 is 0 Å². The molecule has 1 aliphatic rings. The van der Waals surface area contributed by atoms with E-state index in [4.69, 9.17) is 18.9 Å². The van der Waals surface area contributed by atoms with Gasteiger partial charge in [0.15, 0.2) is 6.29 Å². The van der Waals surface area contributed by atoms with E-state index in [1.807, 2.05) is 0 Å². The third kappa shape index (κ3) is 3.40. The molecule has 5 unspecified atom stereocenters. The number of rotatable bonds is 5. The molecular weight excluding hydrogens is 225 g/mol. The van der Waals surface area contributed by atoms with Gasteiger partial charge in [-0.3, -0.25) is 0 Å². The molecule has 0 bridgehead atoms. The van der Waals surface area contributed by atoms with Gasteiger partial charge in [-0.15, -0.1) is 0 Å². The van der Waals surface area contributed by atoms with Gasteiger partial charge in [0.1, 0.15) is 18.3 Å². The first-order valence-electron chi connectivity index (χ1n) is 5.25. The maximum atomic E-state index is 9.24. The van der Waals surface area contributed by atoms with E-state index >= 15 is 0 Å². The smallest absolute Gasteiger partial charge is 0.175 e. The summed E-state index contributed by atoms with van der Waals surface area (Å²) in [6.45, 7) is -0.130. The third-order valence-corrected chi connectivity index (χ3v) is 2.94. The molecule has 1 heterocycles. The van der Waals surface area contributed by atoms with Crippen LogP contribution in [0.3, 0.4) is 0 Å². The number of aliphatic hydroxyl groups is 1. The van der Waals surface area contributed by atoms with Gasteiger partial charge in [0.2, 0.25) is 0 Å². The molecule has 6 nitrogen and oxygen atoms in total. The fourth-order valence-electron chi connectivity index (χ4n) is 2.12. The molecule has 0 aliphatic carbocycles. The maximum absolute atomic E-state index is 9.24. The van der Waals surface area contributed by atoms with Gasteiger partial charge >= 0.3 is 0 Å². The van der Waals surface area contributed by atoms with Gasteiger partial charge in [0, 0.05) is 29.7 Å². The van der Waals surface area contributed by atoms with Crippen LogP contribution in [0.5, 0.6) is 0 Å². The van der Waals surface area contributed by atoms with Crippen LogP contribution in [0.4, 0.5) is 0 Å². The standard InChI is InChI=1S/C10H21NO5.B/c1-11-7-9(14-3)8(13-2)6(5-12)16-10(7)15-4;/h6-12H,5H2,1-4H3;. The number of hydrogen-bond donors (Lipinski definition) is 2. The van der Waals surface area contributed by atoms with Crippen molar-refractivity contribution >= 4 is 8.41 Å². The molecule has 0 aromatic rings. The molecular formula is C10H21BNO5. The van der Waals surface area contributed by atoms with Crippen LogP contribution in [0, 0.1) is 0 Å². The molecule has 0 aromatic heterocycles. The molecule has 1 fully saturated rings. The van der Waals surface area contributed by atoms with E-state index in [9.17, 15) is 5.11 Å². The molecule has 0 aromatic carbocycles. The van der Waals surface area contributed by atoms with E-state index in [1.54, 1.807) is 28.4 Å². The highest BCUT2D eigenvalue weighted by Gasteiger charge is 2.45. The fraction of sp³-hybridized carbons (Fsp3) is 1.00. The summed E-state index contributed by atoms with van der Waals surface area (Å²) in [4.78, 5) is 0. The molecule has 0 saturated carbocycles. The Morgan fingerprint density at radius 3 is 2.06 bits per heavy atom. The molecule has 1 rings (SSSR count). The Balaban J connectivity index is 0.00000256. The van der Waals surface area contributed by atoms with Crippen LogP contribution in [-0.4, -0.2) is 79.1 Å². The minimum absolute atomic E-state index is 0. The van der Waals surface area contributed by atoms with Crippen LogP contribution in [-0.2, 0) is 18.9 Å². The zero-order chi connectivity index (χ0) is 12.1. The summed E-state index contributed by atoms with van der Waals surface area (Å²) in [6, 6.07) is -0.136. The predicted octanol–water partition coefficient (Wildman–Crippen LogP) is -1.41. The largest absolute Gasteiger partial charge is 0.394 e. The Morgan fingerprint density at radius 1 is 1.12 bits per heavy atom. The van der Waals surface area contributed by atoms with Crippen LogP contribution in [0.2, 0.25) is 0 Å². The number of aliphatic hydroxyl groups excluding tert-OH is 1. The maximum Gasteiger partial charge on any atom is 0.175 e. The van der Waals surface area contributed by atoms with E-state index in [0.29, 0.717) is 0 Å². The number of likely N-dealkylation sites (N-methyl/N-ethyl adjacent to an activating group) is 1. The van der Waals surface area contributed by atoms with Crippen molar-refractivity contribution in [3.63, 3.8) is 0 Å². The molecule has 0 amide bonds. The van der Waals surface area contributed by atoms with E-state index in [1.165, 1.54) is 0 Å². The highest BCUT2D eigenvalue weighted by Crippen LogP contribution is 2.25. The van der Waals surface area contributed by atoms with Crippen LogP contribution in [0.1, 0.15) is 0 Å². The quantitative estimate of drug-likeness (QED) is 0.581. The Bertz CT molecular complexity index is 191. The van der Waals surface area contributed by atoms with E-state index in [-0.39, 0.29) is 33.3 Å². The Kier molecular flexibility index (Phi) is 7.94. The summed E-state index contributed by atoms with van der Waals surface area (Å²) in [7, 11) is 6.54. The number of methoxy groups -OCH3 is 3. The topological polar surface area (TPSA) is 69.2 Å². The van der Waals surface area contributed by atoms with Crippen molar-refractivity contribution in [2.24, 2.45) is 0 Å². The van der Waals surface area contributed by atoms with Crippen molar-refractivity contribution in [1.82, 2.24) is 5.32 Å². The normalized spacial score (nSPS) is 37.6. The van der Waals surface area contributed by atoms with Crippen molar-refractivity contribution in [3.05, 3.63) is 0 Å². The molecule has 17 heavy (non-hydrogen) atoms. The van der Waals surface area contributed by atoms with Crippen molar-refractivity contribution in [3.8, 4) is 0 Å². The van der Waals surface area contributed by atoms with E-state index in [0.717, 1.165) is 0 Å². The number of nitrogens with one attached hydrogen (secondary N) is 1. The van der Waals surface area contributed by atoms with Gasteiger partial charge in [-0.2, -0.15) is 0 Å². The van der Waals surface area contributed by atoms with Crippen molar-refractivity contribution in [1.29, 1.82) is 0 Å². The van der Waals surface area contributed by atoms with Crippen molar-refractivity contribution in [2.45, 2.75) is 30.6 Å². The van der Waals surface area contributed by atoms with Crippen molar-refractivity contribution in [2.75, 3.05) is 35.0 Å². The molecule has 7 heteroatoms. The Hall–Kier alpha value is -0.175. The SMILES string of the molecule is CNC1C(OC)OC(CO)C(OC)C1OC.[B]. The molecule has 1 saturated heterocycles. The zero-order valence-electron chi connectivity index (χ0n) is 10.8. The average Bonchev–Trinajstić information content (AvgIpc) is 2.35. The van der Waals surface area contributed by atoms with Crippen LogP contribution in [0.15, 0.2) is 0 Å². The lowest BCUT2D eigenvalue weighted by Gasteiger charge is -2.44. The second kappa shape index (κ2) is 8.02. The lowest BCUT2D eigenvalue weighted by Crippen LogP contribution is -2.64. The van der Waals surface area contributed by atoms with Gasteiger partial charge < -0.3 is 29.4 Å². The predicted molar refractivity (Wildman–Crippen MR) is 63.0 cm³/mol. The summed E-state index contributed by atoms with van der Waals surface area (Å²) in [5.74, 6) is 0. The first-order valence-corrected chi connectivity index (χ1v) is 5.25. The minimum Gasteiger partial charge on any atom is -0.394 e. The monoisotopic (exact) mass is 246 g/mol. The molecule has 1 aliphatic heterocycles. The highest BCUT2D eigenvalue weighted by atomic mass is 16.7. The van der Waals surface area contributed by atoms with E-state index < -0.39 is 12.4 Å². The summed E-state index contributed by atoms with van der Waals surface area (Å²) >= 11 is 0. The number of ether oxygens (including phenoxy) is 4. The average molecular weight is 246 g/mol. The minimum atomic E-state index is -0.460. The van der Waals surface area contributed by atoms with Gasteiger partial charge in [-0.25, -0.2) is 0 Å². The van der Waals surface area contributed by atoms with Gasteiger partial charge in [0.05, 0.1) is 12.6 Å². The first-order chi connectivity index (χ1) is 7.73. The zero-order valence-corrected chi connectivity index (χ0v) is 10.8. The number of hydrogen-bond acceptors (Lipinski definition) is 6. The Morgan fingerprint density at radius 2 is 1.71 bits per heavy atom. The Labute approximate surface area is 104 Å². The second-order valence-corrected chi connectivity index (χ2v) is 3.68. The molecule has 3 radical (unpaired) electrons. The summed E-state index contributed by atoms with van der Waals surface area (Å²) < 4.78 is 21.5. The summed E-state index contributed by atoms with van der Waals surface area (Å²) in [6.07, 6.45) is -1.45. The molecule has 2 N–H and O–H groups in total. The van der Waals surface area contributed by atoms with Crippen LogP contribution < -0.4 is 5.32 Å². The molecule has 0 spiro atoms. The first kappa shape index (κ1) is 16.8. The molecule has 5 atom stereocenters.